The molecule has 1 aromatic heterocycles. The summed E-state index contributed by atoms with van der Waals surface area (Å²) < 4.78 is 2.42. The van der Waals surface area contributed by atoms with Crippen LogP contribution in [-0.4, -0.2) is 4.57 Å². The molecule has 8 rings (SSSR count). The van der Waals surface area contributed by atoms with Crippen LogP contribution >= 0.6 is 0 Å². The van der Waals surface area contributed by atoms with E-state index in [1.165, 1.54) is 56.0 Å². The number of allylic oxidation sites excluding steroid dienone is 8. The molecule has 0 aliphatic heterocycles. The Morgan fingerprint density at radius 1 is 0.614 bits per heavy atom. The van der Waals surface area contributed by atoms with E-state index in [0.29, 0.717) is 11.8 Å². The van der Waals surface area contributed by atoms with Gasteiger partial charge in [-0.1, -0.05) is 103 Å². The van der Waals surface area contributed by atoms with Gasteiger partial charge < -0.3 is 9.47 Å². The molecular formula is C42H36N2. The van der Waals surface area contributed by atoms with Crippen LogP contribution in [0.3, 0.4) is 0 Å². The first kappa shape index (κ1) is 26.5. The highest BCUT2D eigenvalue weighted by Crippen LogP contribution is 2.37. The second kappa shape index (κ2) is 11.5. The molecule has 5 aromatic rings. The largest absolute Gasteiger partial charge is 0.311 e. The minimum atomic E-state index is 0.550. The van der Waals surface area contributed by atoms with Crippen molar-refractivity contribution in [1.29, 1.82) is 0 Å². The van der Waals surface area contributed by atoms with Crippen molar-refractivity contribution >= 4 is 28.4 Å². The Morgan fingerprint density at radius 3 is 2.09 bits per heavy atom. The van der Waals surface area contributed by atoms with Crippen molar-refractivity contribution < 1.29 is 0 Å². The summed E-state index contributed by atoms with van der Waals surface area (Å²) in [5, 5.41) is 1.37. The van der Waals surface area contributed by atoms with E-state index in [0.717, 1.165) is 25.7 Å². The van der Waals surface area contributed by atoms with Crippen LogP contribution in [0.4, 0.5) is 11.4 Å². The lowest BCUT2D eigenvalue weighted by molar-refractivity contribution is 0.476. The van der Waals surface area contributed by atoms with Gasteiger partial charge in [-0.25, -0.2) is 0 Å². The third-order valence-corrected chi connectivity index (χ3v) is 9.39. The summed E-state index contributed by atoms with van der Waals surface area (Å²) in [6, 6.07) is 37.6. The van der Waals surface area contributed by atoms with Crippen molar-refractivity contribution in [3.05, 3.63) is 169 Å². The lowest BCUT2D eigenvalue weighted by atomic mass is 9.82. The summed E-state index contributed by atoms with van der Waals surface area (Å²) in [5.41, 5.74) is 11.3. The van der Waals surface area contributed by atoms with E-state index < -0.39 is 0 Å². The average Bonchev–Trinajstić information content (AvgIpc) is 3.44. The summed E-state index contributed by atoms with van der Waals surface area (Å²) in [7, 11) is 0. The monoisotopic (exact) mass is 568 g/mol. The molecule has 214 valence electrons. The van der Waals surface area contributed by atoms with Gasteiger partial charge in [0, 0.05) is 33.8 Å². The molecule has 0 radical (unpaired) electrons. The number of hydrogen-bond acceptors (Lipinski definition) is 1. The second-order valence-electron chi connectivity index (χ2n) is 12.0. The lowest BCUT2D eigenvalue weighted by Gasteiger charge is -2.30. The van der Waals surface area contributed by atoms with E-state index >= 15 is 0 Å². The fraction of sp³-hybridized carbons (Fsp3) is 0.143. The fourth-order valence-corrected chi connectivity index (χ4v) is 7.12. The third kappa shape index (κ3) is 4.87. The number of nitrogens with zero attached hydrogens (tertiary/aromatic N) is 2. The van der Waals surface area contributed by atoms with Gasteiger partial charge >= 0.3 is 0 Å². The number of rotatable bonds is 6. The maximum absolute atomic E-state index is 2.42. The number of hydrogen-bond donors (Lipinski definition) is 0. The molecule has 0 saturated heterocycles. The Morgan fingerprint density at radius 2 is 1.34 bits per heavy atom. The minimum Gasteiger partial charge on any atom is -0.311 e. The molecule has 0 bridgehead atoms. The van der Waals surface area contributed by atoms with Crippen molar-refractivity contribution in [1.82, 2.24) is 4.57 Å². The number of aromatic nitrogens is 1. The van der Waals surface area contributed by atoms with E-state index in [9.17, 15) is 0 Å². The van der Waals surface area contributed by atoms with Gasteiger partial charge in [-0.05, 0) is 109 Å². The van der Waals surface area contributed by atoms with Crippen LogP contribution in [0.15, 0.2) is 157 Å². The first-order valence-corrected chi connectivity index (χ1v) is 15.9. The predicted molar refractivity (Wildman–Crippen MR) is 186 cm³/mol. The standard InChI is InChI=1S/C42H36N2/c1-3-11-31(12-4-1)32-19-25-36(26-20-32)43(35-13-5-2-6-14-35)37-27-21-33(22-28-37)34-23-29-38(30-24-34)44-41-17-9-7-15-39(41)40-16-8-10-18-42(40)44/h1-7,9-11,13-15,17-19,21-32H,8,12,16,20H2. The summed E-state index contributed by atoms with van der Waals surface area (Å²) in [6.07, 6.45) is 25.1. The average molecular weight is 569 g/mol. The fourth-order valence-electron chi connectivity index (χ4n) is 7.12. The molecule has 0 saturated carbocycles. The van der Waals surface area contributed by atoms with Crippen molar-refractivity contribution in [2.45, 2.75) is 25.7 Å². The van der Waals surface area contributed by atoms with Crippen molar-refractivity contribution in [2.24, 2.45) is 11.8 Å². The van der Waals surface area contributed by atoms with Gasteiger partial charge in [0.2, 0.25) is 0 Å². The van der Waals surface area contributed by atoms with Gasteiger partial charge in [0.1, 0.15) is 0 Å². The summed E-state index contributed by atoms with van der Waals surface area (Å²) in [6.45, 7) is 0. The zero-order chi connectivity index (χ0) is 29.3. The van der Waals surface area contributed by atoms with Gasteiger partial charge in [-0.3, -0.25) is 0 Å². The van der Waals surface area contributed by atoms with Gasteiger partial charge in [0.25, 0.3) is 0 Å². The van der Waals surface area contributed by atoms with Crippen LogP contribution in [0.2, 0.25) is 0 Å². The quantitative estimate of drug-likeness (QED) is 0.198. The Hall–Kier alpha value is -5.08. The molecule has 2 heteroatoms. The van der Waals surface area contributed by atoms with Gasteiger partial charge in [0.15, 0.2) is 0 Å². The van der Waals surface area contributed by atoms with Gasteiger partial charge in [0.05, 0.1) is 5.52 Å². The number of fused-ring (bicyclic) bond motifs is 3. The Labute approximate surface area is 260 Å². The maximum atomic E-state index is 2.42. The van der Waals surface area contributed by atoms with Gasteiger partial charge in [-0.2, -0.15) is 0 Å². The van der Waals surface area contributed by atoms with Gasteiger partial charge in [-0.15, -0.1) is 0 Å². The summed E-state index contributed by atoms with van der Waals surface area (Å²) in [5.74, 6) is 1.14. The number of aryl methyl sites for hydroxylation is 1. The number of para-hydroxylation sites is 2. The zero-order valence-electron chi connectivity index (χ0n) is 24.9. The third-order valence-electron chi connectivity index (χ3n) is 9.39. The van der Waals surface area contributed by atoms with Crippen molar-refractivity contribution in [2.75, 3.05) is 4.90 Å². The van der Waals surface area contributed by atoms with E-state index in [2.05, 4.69) is 167 Å². The first-order valence-electron chi connectivity index (χ1n) is 15.9. The first-order chi connectivity index (χ1) is 21.8. The Kier molecular flexibility index (Phi) is 6.96. The highest BCUT2D eigenvalue weighted by molar-refractivity contribution is 5.90. The van der Waals surface area contributed by atoms with E-state index in [1.807, 2.05) is 0 Å². The molecular weight excluding hydrogens is 532 g/mol. The summed E-state index contributed by atoms with van der Waals surface area (Å²) >= 11 is 0. The normalized spacial score (nSPS) is 18.8. The highest BCUT2D eigenvalue weighted by Gasteiger charge is 2.22. The van der Waals surface area contributed by atoms with Crippen LogP contribution in [0.5, 0.6) is 0 Å². The molecule has 2 unspecified atom stereocenters. The van der Waals surface area contributed by atoms with E-state index in [4.69, 9.17) is 0 Å². The Balaban J connectivity index is 1.08. The minimum absolute atomic E-state index is 0.550. The van der Waals surface area contributed by atoms with Crippen molar-refractivity contribution in [3.8, 4) is 16.8 Å². The maximum Gasteiger partial charge on any atom is 0.0537 e. The highest BCUT2D eigenvalue weighted by atomic mass is 15.1. The summed E-state index contributed by atoms with van der Waals surface area (Å²) in [4.78, 5) is 2.38. The van der Waals surface area contributed by atoms with E-state index in [-0.39, 0.29) is 0 Å². The zero-order valence-corrected chi connectivity index (χ0v) is 24.9. The number of benzene rings is 4. The SMILES string of the molecule is C1=CCC(C2C=CC(N(c3ccccc3)c3ccc(-c4ccc(-n5c6c(c7ccccc75)CCC=C6)cc4)cc3)=CC2)C=C1. The molecule has 3 aliphatic rings. The van der Waals surface area contributed by atoms with Crippen molar-refractivity contribution in [3.63, 3.8) is 0 Å². The molecule has 0 amide bonds. The lowest BCUT2D eigenvalue weighted by Crippen LogP contribution is -2.19. The van der Waals surface area contributed by atoms with Crippen LogP contribution in [0.25, 0.3) is 33.8 Å². The van der Waals surface area contributed by atoms with Crippen LogP contribution in [-0.2, 0) is 6.42 Å². The predicted octanol–water partition coefficient (Wildman–Crippen LogP) is 11.0. The molecule has 3 aliphatic carbocycles. The molecule has 44 heavy (non-hydrogen) atoms. The number of anilines is 2. The molecule has 0 N–H and O–H groups in total. The Bertz CT molecular complexity index is 1950. The van der Waals surface area contributed by atoms with Crippen LogP contribution in [0.1, 0.15) is 30.5 Å². The second-order valence-corrected chi connectivity index (χ2v) is 12.0. The molecule has 2 nitrogen and oxygen atoms in total. The van der Waals surface area contributed by atoms with Crippen LogP contribution < -0.4 is 4.90 Å². The molecule has 1 heterocycles. The topological polar surface area (TPSA) is 8.17 Å². The van der Waals surface area contributed by atoms with E-state index in [1.54, 1.807) is 0 Å². The smallest absolute Gasteiger partial charge is 0.0537 e. The molecule has 2 atom stereocenters. The van der Waals surface area contributed by atoms with Crippen LogP contribution in [0, 0.1) is 11.8 Å². The molecule has 0 spiro atoms. The molecule has 4 aromatic carbocycles. The molecule has 0 fully saturated rings.